The first-order valence-corrected chi connectivity index (χ1v) is 13.3. The molecule has 2 heterocycles. The Morgan fingerprint density at radius 2 is 1.70 bits per heavy atom. The van der Waals surface area contributed by atoms with E-state index in [2.05, 4.69) is 9.46 Å². The molecule has 0 amide bonds. The van der Waals surface area contributed by atoms with Gasteiger partial charge in [-0.2, -0.15) is 0 Å². The van der Waals surface area contributed by atoms with Crippen LogP contribution in [0.5, 0.6) is 5.75 Å². The van der Waals surface area contributed by atoms with Crippen LogP contribution in [0.25, 0.3) is 0 Å². The molecule has 3 aromatic carbocycles. The summed E-state index contributed by atoms with van der Waals surface area (Å²) in [5, 5.41) is 11.3. The van der Waals surface area contributed by atoms with Crippen LogP contribution >= 0.6 is 11.8 Å². The van der Waals surface area contributed by atoms with Gasteiger partial charge in [-0.1, -0.05) is 23.9 Å². The van der Waals surface area contributed by atoms with Gasteiger partial charge in [0, 0.05) is 9.79 Å². The minimum atomic E-state index is -4.91. The van der Waals surface area contributed by atoms with Crippen molar-refractivity contribution in [1.29, 1.82) is 0 Å². The number of nitrogens with zero attached hydrogens (tertiary/aromatic N) is 1. The van der Waals surface area contributed by atoms with Gasteiger partial charge in [-0.25, -0.2) is 17.5 Å². The smallest absolute Gasteiger partial charge is 0.406 e. The van der Waals surface area contributed by atoms with Crippen molar-refractivity contribution >= 4 is 33.2 Å². The van der Waals surface area contributed by atoms with Gasteiger partial charge in [0.15, 0.2) is 0 Å². The van der Waals surface area contributed by atoms with Gasteiger partial charge in [-0.05, 0) is 54.6 Å². The number of anilines is 2. The number of para-hydroxylation sites is 1. The molecule has 0 unspecified atom stereocenters. The second-order valence-electron chi connectivity index (χ2n) is 8.39. The lowest BCUT2D eigenvalue weighted by atomic mass is 9.99. The monoisotopic (exact) mass is 556 g/mol. The zero-order chi connectivity index (χ0) is 26.4. The summed E-state index contributed by atoms with van der Waals surface area (Å²) in [5.74, 6) is -0.979. The van der Waals surface area contributed by atoms with Crippen LogP contribution in [0.2, 0.25) is 0 Å². The van der Waals surface area contributed by atoms with E-state index in [9.17, 15) is 31.1 Å². The predicted molar refractivity (Wildman–Crippen MR) is 127 cm³/mol. The van der Waals surface area contributed by atoms with E-state index in [4.69, 9.17) is 4.74 Å². The lowest BCUT2D eigenvalue weighted by Gasteiger charge is -2.44. The minimum Gasteiger partial charge on any atom is -0.406 e. The van der Waals surface area contributed by atoms with Crippen LogP contribution in [-0.4, -0.2) is 51.3 Å². The van der Waals surface area contributed by atoms with Crippen LogP contribution in [0.4, 0.5) is 28.9 Å². The number of aliphatic hydroxyl groups excluding tert-OH is 1. The van der Waals surface area contributed by atoms with E-state index in [0.29, 0.717) is 10.6 Å². The third-order valence-corrected chi connectivity index (χ3v) is 8.54. The quantitative estimate of drug-likeness (QED) is 0.450. The first-order chi connectivity index (χ1) is 17.5. The summed E-state index contributed by atoms with van der Waals surface area (Å²) in [6, 6.07) is 13.6. The lowest BCUT2D eigenvalue weighted by molar-refractivity contribution is -0.274. The molecule has 196 valence electrons. The molecule has 37 heavy (non-hydrogen) atoms. The third kappa shape index (κ3) is 5.41. The molecule has 3 atom stereocenters. The van der Waals surface area contributed by atoms with Crippen LogP contribution < -0.4 is 14.4 Å². The summed E-state index contributed by atoms with van der Waals surface area (Å²) in [5.41, 5.74) is 1.39. The molecule has 2 aliphatic heterocycles. The predicted octanol–water partition coefficient (Wildman–Crippen LogP) is 4.43. The maximum Gasteiger partial charge on any atom is 0.573 e. The third-order valence-electron chi connectivity index (χ3n) is 5.92. The van der Waals surface area contributed by atoms with Crippen LogP contribution in [-0.2, 0) is 14.8 Å². The van der Waals surface area contributed by atoms with Crippen LogP contribution in [0.1, 0.15) is 0 Å². The first kappa shape index (κ1) is 25.8. The second kappa shape index (κ2) is 9.80. The Kier molecular flexibility index (Phi) is 6.83. The largest absolute Gasteiger partial charge is 0.573 e. The summed E-state index contributed by atoms with van der Waals surface area (Å²) in [7, 11) is -4.23. The number of fused-ring (bicyclic) bond motifs is 2. The molecule has 0 radical (unpaired) electrons. The van der Waals surface area contributed by atoms with Gasteiger partial charge in [0.05, 0.1) is 47.7 Å². The number of benzene rings is 3. The highest BCUT2D eigenvalue weighted by Crippen LogP contribution is 2.49. The molecule has 2 aliphatic rings. The highest BCUT2D eigenvalue weighted by Gasteiger charge is 2.41. The molecular formula is C24H20F4N2O5S2. The average Bonchev–Trinajstić information content (AvgIpc) is 2.83. The van der Waals surface area contributed by atoms with Crippen molar-refractivity contribution < 1.29 is 40.6 Å². The van der Waals surface area contributed by atoms with Gasteiger partial charge in [0.1, 0.15) is 11.6 Å². The summed E-state index contributed by atoms with van der Waals surface area (Å²) >= 11 is 1.38. The van der Waals surface area contributed by atoms with E-state index < -0.39 is 46.1 Å². The summed E-state index contributed by atoms with van der Waals surface area (Å²) in [6.45, 7) is -0.0641. The highest BCUT2D eigenvalue weighted by atomic mass is 32.2. The SMILES string of the molecule is O=S(=O)(N[C@H]1COC[C@@H](N2c3ccccc3Sc3cc(F)ccc32)[C@@H]1O)c1ccc(OC(F)(F)F)cc1. The number of hydrogen-bond acceptors (Lipinski definition) is 7. The fraction of sp³-hybridized carbons (Fsp3) is 0.250. The Labute approximate surface area is 214 Å². The Morgan fingerprint density at radius 3 is 2.43 bits per heavy atom. The van der Waals surface area contributed by atoms with E-state index in [1.165, 1.54) is 23.9 Å². The number of rotatable bonds is 5. The summed E-state index contributed by atoms with van der Waals surface area (Å²) in [4.78, 5) is 2.97. The van der Waals surface area contributed by atoms with Gasteiger partial charge in [0.2, 0.25) is 10.0 Å². The molecule has 2 N–H and O–H groups in total. The summed E-state index contributed by atoms with van der Waals surface area (Å²) < 4.78 is 89.0. The number of nitrogens with one attached hydrogen (secondary N) is 1. The van der Waals surface area contributed by atoms with E-state index in [1.54, 1.807) is 6.07 Å². The van der Waals surface area contributed by atoms with Crippen molar-refractivity contribution in [2.45, 2.75) is 39.2 Å². The molecule has 0 aliphatic carbocycles. The normalized spacial score (nSPS) is 21.8. The van der Waals surface area contributed by atoms with E-state index >= 15 is 0 Å². The van der Waals surface area contributed by atoms with Gasteiger partial charge in [-0.15, -0.1) is 13.2 Å². The molecule has 0 saturated carbocycles. The topological polar surface area (TPSA) is 88.1 Å². The van der Waals surface area contributed by atoms with Gasteiger partial charge >= 0.3 is 6.36 Å². The van der Waals surface area contributed by atoms with E-state index in [0.717, 1.165) is 34.8 Å². The van der Waals surface area contributed by atoms with Crippen LogP contribution in [0, 0.1) is 5.82 Å². The second-order valence-corrected chi connectivity index (χ2v) is 11.2. The standard InChI is InChI=1S/C24H20F4N2O5S2/c25-14-5-10-19-22(11-14)36-21-4-2-1-3-18(21)30(19)20-13-34-12-17(23(20)31)29-37(32,33)16-8-6-15(7-9-16)35-24(26,27)28/h1-11,17,20,23,29,31H,12-13H2/t17-,20+,23+/m0/s1. The Morgan fingerprint density at radius 1 is 1.00 bits per heavy atom. The first-order valence-electron chi connectivity index (χ1n) is 11.0. The number of halogens is 4. The van der Waals surface area contributed by atoms with Crippen LogP contribution in [0.15, 0.2) is 81.4 Å². The molecule has 0 spiro atoms. The number of alkyl halides is 3. The van der Waals surface area contributed by atoms with E-state index in [1.807, 2.05) is 29.2 Å². The Hall–Kier alpha value is -2.84. The molecule has 7 nitrogen and oxygen atoms in total. The molecule has 0 bridgehead atoms. The van der Waals surface area contributed by atoms with Crippen molar-refractivity contribution in [1.82, 2.24) is 4.72 Å². The zero-order valence-electron chi connectivity index (χ0n) is 18.9. The minimum absolute atomic E-state index is 0.0681. The van der Waals surface area contributed by atoms with Crippen molar-refractivity contribution in [3.8, 4) is 5.75 Å². The average molecular weight is 557 g/mol. The van der Waals surface area contributed by atoms with Crippen LogP contribution in [0.3, 0.4) is 0 Å². The fourth-order valence-electron chi connectivity index (χ4n) is 4.32. The van der Waals surface area contributed by atoms with Crippen molar-refractivity contribution in [2.24, 2.45) is 0 Å². The number of hydrogen-bond donors (Lipinski definition) is 2. The van der Waals surface area contributed by atoms with Crippen molar-refractivity contribution in [2.75, 3.05) is 18.1 Å². The molecule has 3 aromatic rings. The molecule has 13 heteroatoms. The highest BCUT2D eigenvalue weighted by molar-refractivity contribution is 7.99. The van der Waals surface area contributed by atoms with Gasteiger partial charge in [0.25, 0.3) is 0 Å². The molecule has 0 aromatic heterocycles. The molecule has 1 fully saturated rings. The number of ether oxygens (including phenoxy) is 2. The molecule has 5 rings (SSSR count). The van der Waals surface area contributed by atoms with Gasteiger partial charge < -0.3 is 19.5 Å². The van der Waals surface area contributed by atoms with E-state index in [-0.39, 0.29) is 18.1 Å². The maximum absolute atomic E-state index is 14.0. The molecule has 1 saturated heterocycles. The van der Waals surface area contributed by atoms with Crippen molar-refractivity contribution in [3.05, 3.63) is 72.5 Å². The summed E-state index contributed by atoms with van der Waals surface area (Å²) in [6.07, 6.45) is -6.15. The number of aliphatic hydroxyl groups is 1. The van der Waals surface area contributed by atoms with Crippen molar-refractivity contribution in [3.63, 3.8) is 0 Å². The lowest BCUT2D eigenvalue weighted by Crippen LogP contribution is -2.60. The Bertz CT molecular complexity index is 1400. The van der Waals surface area contributed by atoms with Gasteiger partial charge in [-0.3, -0.25) is 0 Å². The number of sulfonamides is 1. The zero-order valence-corrected chi connectivity index (χ0v) is 20.5. The Balaban J connectivity index is 1.40. The molecular weight excluding hydrogens is 536 g/mol. The maximum atomic E-state index is 14.0. The fourth-order valence-corrected chi connectivity index (χ4v) is 6.65.